The van der Waals surface area contributed by atoms with Gasteiger partial charge in [-0.1, -0.05) is 116 Å². The molecule has 0 aromatic carbocycles. The topological polar surface area (TPSA) is 119 Å². The van der Waals surface area contributed by atoms with Crippen LogP contribution in [0.4, 0.5) is 13.2 Å². The Morgan fingerprint density at radius 2 is 1.05 bits per heavy atom. The van der Waals surface area contributed by atoms with Gasteiger partial charge in [0.25, 0.3) is 0 Å². The van der Waals surface area contributed by atoms with Gasteiger partial charge in [-0.3, -0.25) is 15.3 Å². The third-order valence-electron chi connectivity index (χ3n) is 4.11. The van der Waals surface area contributed by atoms with Crippen molar-refractivity contribution < 1.29 is 30.5 Å². The smallest absolute Gasteiger partial charge is 0.464 e. The molecule has 1 radical (unpaired) electrons. The fourth-order valence-electron chi connectivity index (χ4n) is 3.10. The van der Waals surface area contributed by atoms with E-state index < -0.39 is 12.0 Å². The predicted molar refractivity (Wildman–Crippen MR) is 173 cm³/mol. The zero-order valence-corrected chi connectivity index (χ0v) is 31.2. The van der Waals surface area contributed by atoms with E-state index in [2.05, 4.69) is 162 Å². The maximum Gasteiger partial charge on any atom is 3.00 e. The van der Waals surface area contributed by atoms with Gasteiger partial charge in [-0.05, 0) is 59.1 Å². The Labute approximate surface area is 275 Å². The second kappa shape index (κ2) is 18.5. The minimum Gasteiger partial charge on any atom is -0.464 e. The molecule has 0 aliphatic rings. The minimum atomic E-state index is -4.52. The second-order valence-corrected chi connectivity index (χ2v) is 14.9. The van der Waals surface area contributed by atoms with Gasteiger partial charge >= 0.3 is 23.5 Å². The molecule has 0 N–H and O–H groups in total. The van der Waals surface area contributed by atoms with Crippen LogP contribution in [0.25, 0.3) is 10.6 Å². The van der Waals surface area contributed by atoms with Crippen molar-refractivity contribution in [3.8, 4) is 0 Å². The van der Waals surface area contributed by atoms with E-state index in [9.17, 15) is 13.2 Å². The molecule has 0 fully saturated rings. The van der Waals surface area contributed by atoms with Crippen LogP contribution in [0.5, 0.6) is 0 Å². The Morgan fingerprint density at radius 3 is 1.23 bits per heavy atom. The molecule has 0 spiro atoms. The van der Waals surface area contributed by atoms with Gasteiger partial charge in [0, 0.05) is 12.4 Å². The molecule has 0 bridgehead atoms. The molecule has 44 heavy (non-hydrogen) atoms. The van der Waals surface area contributed by atoms with Crippen LogP contribution in [0.2, 0.25) is 0 Å². The molecule has 0 saturated carbocycles. The monoisotopic (exact) mass is 662 g/mol. The summed E-state index contributed by atoms with van der Waals surface area (Å²) in [5.41, 5.74) is 1.53. The summed E-state index contributed by atoms with van der Waals surface area (Å²) in [6.45, 7) is 35.4. The summed E-state index contributed by atoms with van der Waals surface area (Å²) in [6, 6.07) is 4.11. The van der Waals surface area contributed by atoms with E-state index >= 15 is 0 Å². The molecule has 0 aliphatic heterocycles. The normalized spacial score (nSPS) is 13.1. The quantitative estimate of drug-likeness (QED) is 0.206. The number of tetrazole rings is 1. The summed E-state index contributed by atoms with van der Waals surface area (Å²) in [6.07, 6.45) is -0.856. The van der Waals surface area contributed by atoms with Gasteiger partial charge in [-0.15, -0.1) is 0 Å². The maximum atomic E-state index is 11.4. The van der Waals surface area contributed by atoms with E-state index in [1.54, 1.807) is 0 Å². The number of hydrogen-bond acceptors (Lipinski definition) is 6. The molecule has 0 saturated heterocycles. The first-order valence-corrected chi connectivity index (χ1v) is 14.2. The molecule has 2 aromatic rings. The van der Waals surface area contributed by atoms with Crippen molar-refractivity contribution in [1.82, 2.24) is 25.6 Å². The minimum absolute atomic E-state index is 0. The summed E-state index contributed by atoms with van der Waals surface area (Å²) in [7, 11) is 0. The van der Waals surface area contributed by atoms with Gasteiger partial charge < -0.3 is 25.7 Å². The second-order valence-electron chi connectivity index (χ2n) is 14.9. The number of amidine groups is 2. The zero-order valence-electron chi connectivity index (χ0n) is 29.9. The molecule has 13 heteroatoms. The number of aromatic nitrogens is 5. The van der Waals surface area contributed by atoms with Crippen molar-refractivity contribution in [2.24, 2.45) is 9.98 Å². The van der Waals surface area contributed by atoms with Crippen LogP contribution in [0.15, 0.2) is 34.5 Å². The van der Waals surface area contributed by atoms with Crippen molar-refractivity contribution in [2.75, 3.05) is 0 Å². The largest absolute Gasteiger partial charge is 3.00 e. The molecule has 2 rings (SSSR count). The van der Waals surface area contributed by atoms with Crippen molar-refractivity contribution >= 4 is 11.7 Å². The summed E-state index contributed by atoms with van der Waals surface area (Å²) >= 11 is 0. The molecule has 2 aromatic heterocycles. The fourth-order valence-corrected chi connectivity index (χ4v) is 3.10. The summed E-state index contributed by atoms with van der Waals surface area (Å²) in [4.78, 5) is 12.8. The molecule has 2 heterocycles. The van der Waals surface area contributed by atoms with E-state index in [0.717, 1.165) is 11.7 Å². The molecule has 0 atom stereocenters. The van der Waals surface area contributed by atoms with Gasteiger partial charge in [0.15, 0.2) is 0 Å². The van der Waals surface area contributed by atoms with Gasteiger partial charge in [0.2, 0.25) is 0 Å². The predicted octanol–water partition coefficient (Wildman–Crippen LogP) is 8.98. The first-order chi connectivity index (χ1) is 18.9. The van der Waals surface area contributed by atoms with Crippen LogP contribution in [0.1, 0.15) is 129 Å². The number of pyridine rings is 1. The Kier molecular flexibility index (Phi) is 19.3. The van der Waals surface area contributed by atoms with Gasteiger partial charge in [-0.2, -0.15) is 18.4 Å². The molecule has 0 aliphatic carbocycles. The Balaban J connectivity index is -0.000000508. The van der Waals surface area contributed by atoms with Crippen LogP contribution in [0, 0.1) is 0 Å². The number of aliphatic imine (C=N–C) groups is 2. The fraction of sp³-hybridized carbons (Fsp3) is 0.742. The van der Waals surface area contributed by atoms with E-state index in [1.807, 2.05) is 26.2 Å². The summed E-state index contributed by atoms with van der Waals surface area (Å²) < 4.78 is 34.2. The summed E-state index contributed by atoms with van der Waals surface area (Å²) in [5.74, 6) is 0.465. The van der Waals surface area contributed by atoms with E-state index in [1.165, 1.54) is 5.56 Å². The van der Waals surface area contributed by atoms with Crippen molar-refractivity contribution in [1.29, 1.82) is 0 Å². The van der Waals surface area contributed by atoms with Gasteiger partial charge in [0.05, 0.1) is 0 Å². The number of hydrogen-bond donors (Lipinski definition) is 0. The molecular weight excluding hydrogens is 607 g/mol. The van der Waals surface area contributed by atoms with Crippen molar-refractivity contribution in [3.63, 3.8) is 0 Å². The third-order valence-corrected chi connectivity index (χ3v) is 4.11. The van der Waals surface area contributed by atoms with Crippen molar-refractivity contribution in [3.05, 3.63) is 46.5 Å². The Bertz CT molecular complexity index is 1040. The number of alkyl halides is 3. The standard InChI is InChI=1S/2C10H21N2.C9H13N.C2F3N4.Cr/c2*1-8(11-9(2,3)4)12-10(5,6)7;1-9(2,3)8-4-6-10-7-5-8;3-2(4,5)1-6-8-9-7-1;/h2*1-7H3;4-7H,1-3H3;;/q2*-1;;-1;+3. The Hall–Kier alpha value is -2.52. The molecule has 0 amide bonds. The van der Waals surface area contributed by atoms with Gasteiger partial charge in [0.1, 0.15) is 5.82 Å². The maximum absolute atomic E-state index is 11.4. The van der Waals surface area contributed by atoms with Crippen LogP contribution in [-0.2, 0) is 29.0 Å². The average molecular weight is 663 g/mol. The average Bonchev–Trinajstić information content (AvgIpc) is 3.25. The Morgan fingerprint density at radius 1 is 0.682 bits per heavy atom. The first-order valence-electron chi connectivity index (χ1n) is 14.2. The molecular formula is C31H55CrF3N9. The zero-order chi connectivity index (χ0) is 34.5. The molecule has 251 valence electrons. The number of rotatable bonds is 0. The summed E-state index contributed by atoms with van der Waals surface area (Å²) in [5, 5.41) is 19.4. The van der Waals surface area contributed by atoms with Crippen LogP contribution < -0.4 is 5.10 Å². The number of nitrogens with zero attached hydrogens (tertiary/aromatic N) is 9. The van der Waals surface area contributed by atoms with E-state index in [-0.39, 0.29) is 44.9 Å². The van der Waals surface area contributed by atoms with Crippen LogP contribution in [0.3, 0.4) is 0 Å². The third kappa shape index (κ3) is 29.5. The van der Waals surface area contributed by atoms with Crippen molar-refractivity contribution in [2.45, 2.75) is 151 Å². The molecule has 0 unspecified atom stereocenters. The van der Waals surface area contributed by atoms with Crippen LogP contribution >= 0.6 is 0 Å². The van der Waals surface area contributed by atoms with E-state index in [4.69, 9.17) is 0 Å². The van der Waals surface area contributed by atoms with E-state index in [0.29, 0.717) is 0 Å². The van der Waals surface area contributed by atoms with Gasteiger partial charge in [-0.25, -0.2) is 0 Å². The SMILES string of the molecule is CC(=NC(C)(C)C)[N-]C(C)(C)C.CC(=NC(C)(C)C)[N-]C(C)(C)C.CC(C)(C)c1ccncc1.FC(F)(F)c1nnn[n-]1.[Cr+3]. The van der Waals surface area contributed by atoms with Crippen LogP contribution in [-0.4, -0.2) is 54.3 Å². The molecule has 9 nitrogen and oxygen atoms in total. The number of halogens is 3. The first kappa shape index (κ1) is 45.9.